The van der Waals surface area contributed by atoms with Crippen molar-refractivity contribution >= 4 is 36.2 Å². The number of cyclic esters (lactones) is 4. The van der Waals surface area contributed by atoms with Gasteiger partial charge < -0.3 is 37.9 Å². The van der Waals surface area contributed by atoms with E-state index in [-0.39, 0.29) is 74.6 Å². The van der Waals surface area contributed by atoms with Crippen LogP contribution in [0.5, 0.6) is 0 Å². The highest BCUT2D eigenvalue weighted by atomic mass is 16.8. The lowest BCUT2D eigenvalue weighted by Crippen LogP contribution is -2.23. The SMILES string of the molecule is CCCC(=O)OCC(C)COC(=O)c1cc(C(=O)OCC2COC(=O)O2)cc(C(=O)OCC2COC(=O)O2)c1. The summed E-state index contributed by atoms with van der Waals surface area (Å²) in [6, 6.07) is 3.47. The second-order valence-electron chi connectivity index (χ2n) is 8.73. The van der Waals surface area contributed by atoms with E-state index in [0.29, 0.717) is 6.42 Å². The number of carbonyl (C=O) groups is 6. The lowest BCUT2D eigenvalue weighted by atomic mass is 10.1. The van der Waals surface area contributed by atoms with Gasteiger partial charge in [0, 0.05) is 12.3 Å². The maximum Gasteiger partial charge on any atom is 0.508 e. The van der Waals surface area contributed by atoms with Crippen LogP contribution >= 0.6 is 0 Å². The number of ether oxygens (including phenoxy) is 8. The number of benzene rings is 1. The Balaban J connectivity index is 1.67. The Morgan fingerprint density at radius 1 is 0.769 bits per heavy atom. The van der Waals surface area contributed by atoms with Crippen molar-refractivity contribution in [1.29, 1.82) is 0 Å². The summed E-state index contributed by atoms with van der Waals surface area (Å²) >= 11 is 0. The van der Waals surface area contributed by atoms with Crippen LogP contribution in [0.2, 0.25) is 0 Å². The third-order valence-corrected chi connectivity index (χ3v) is 5.22. The van der Waals surface area contributed by atoms with E-state index >= 15 is 0 Å². The Morgan fingerprint density at radius 3 is 1.62 bits per heavy atom. The number of rotatable bonds is 13. The van der Waals surface area contributed by atoms with Gasteiger partial charge in [-0.15, -0.1) is 0 Å². The Labute approximate surface area is 222 Å². The summed E-state index contributed by atoms with van der Waals surface area (Å²) in [5.41, 5.74) is -0.518. The molecule has 14 heteroatoms. The molecule has 3 rings (SSSR count). The molecule has 14 nitrogen and oxygen atoms in total. The zero-order valence-electron chi connectivity index (χ0n) is 21.3. The first-order valence-electron chi connectivity index (χ1n) is 12.1. The molecule has 1 aromatic carbocycles. The maximum atomic E-state index is 12.8. The fourth-order valence-corrected chi connectivity index (χ4v) is 3.24. The third kappa shape index (κ3) is 9.16. The summed E-state index contributed by atoms with van der Waals surface area (Å²) in [5, 5.41) is 0. The number of hydrogen-bond acceptors (Lipinski definition) is 14. The zero-order chi connectivity index (χ0) is 28.4. The monoisotopic (exact) mass is 552 g/mol. The molecule has 1 aromatic rings. The number of hydrogen-bond donors (Lipinski definition) is 0. The molecule has 39 heavy (non-hydrogen) atoms. The van der Waals surface area contributed by atoms with E-state index in [4.69, 9.17) is 28.4 Å². The molecule has 2 fully saturated rings. The highest BCUT2D eigenvalue weighted by Crippen LogP contribution is 2.17. The average molecular weight is 552 g/mol. The molecule has 0 aromatic heterocycles. The summed E-state index contributed by atoms with van der Waals surface area (Å²) < 4.78 is 39.5. The van der Waals surface area contributed by atoms with Gasteiger partial charge in [-0.1, -0.05) is 13.8 Å². The maximum absolute atomic E-state index is 12.8. The second-order valence-corrected chi connectivity index (χ2v) is 8.73. The van der Waals surface area contributed by atoms with Crippen LogP contribution < -0.4 is 0 Å². The van der Waals surface area contributed by atoms with Crippen molar-refractivity contribution in [1.82, 2.24) is 0 Å². The zero-order valence-corrected chi connectivity index (χ0v) is 21.3. The minimum absolute atomic E-state index is 0.0426. The van der Waals surface area contributed by atoms with Gasteiger partial charge in [-0.2, -0.15) is 0 Å². The van der Waals surface area contributed by atoms with Gasteiger partial charge in [0.05, 0.1) is 29.9 Å². The molecule has 0 radical (unpaired) electrons. The van der Waals surface area contributed by atoms with Gasteiger partial charge in [0.25, 0.3) is 0 Å². The standard InChI is InChI=1S/C25H28O14/c1-3-4-20(26)32-8-14(2)9-33-21(27)15-5-16(22(28)34-10-18-12-36-24(30)38-18)7-17(6-15)23(29)35-11-19-13-37-25(31)39-19/h5-7,14,18-19H,3-4,8-13H2,1-2H3. The first kappa shape index (κ1) is 29.2. The first-order chi connectivity index (χ1) is 18.6. The van der Waals surface area contributed by atoms with Crippen molar-refractivity contribution in [2.45, 2.75) is 38.9 Å². The molecule has 0 spiro atoms. The molecule has 2 aliphatic heterocycles. The molecule has 2 aliphatic rings. The lowest BCUT2D eigenvalue weighted by Gasteiger charge is -2.14. The minimum atomic E-state index is -0.920. The fraction of sp³-hybridized carbons (Fsp3) is 0.520. The molecule has 0 aliphatic carbocycles. The van der Waals surface area contributed by atoms with E-state index < -0.39 is 42.4 Å². The molecule has 3 unspecified atom stereocenters. The van der Waals surface area contributed by atoms with Gasteiger partial charge >= 0.3 is 36.2 Å². The van der Waals surface area contributed by atoms with Crippen molar-refractivity contribution in [2.24, 2.45) is 5.92 Å². The molecule has 0 saturated carbocycles. The van der Waals surface area contributed by atoms with Gasteiger partial charge in [0.1, 0.15) is 26.4 Å². The number of carbonyl (C=O) groups excluding carboxylic acids is 6. The van der Waals surface area contributed by atoms with Crippen LogP contribution in [0.15, 0.2) is 18.2 Å². The van der Waals surface area contributed by atoms with Crippen LogP contribution in [0.1, 0.15) is 57.8 Å². The van der Waals surface area contributed by atoms with Crippen molar-refractivity contribution in [3.05, 3.63) is 34.9 Å². The van der Waals surface area contributed by atoms with E-state index in [1.807, 2.05) is 6.92 Å². The molecule has 2 heterocycles. The highest BCUT2D eigenvalue weighted by molar-refractivity contribution is 6.00. The van der Waals surface area contributed by atoms with Crippen molar-refractivity contribution in [3.63, 3.8) is 0 Å². The molecule has 0 amide bonds. The van der Waals surface area contributed by atoms with Crippen molar-refractivity contribution in [2.75, 3.05) is 39.6 Å². The molecular weight excluding hydrogens is 524 g/mol. The summed E-state index contributed by atoms with van der Waals surface area (Å²) in [6.45, 7) is 2.65. The molecule has 212 valence electrons. The summed E-state index contributed by atoms with van der Waals surface area (Å²) in [7, 11) is 0. The quantitative estimate of drug-likeness (QED) is 0.257. The first-order valence-corrected chi connectivity index (χ1v) is 12.1. The molecule has 3 atom stereocenters. The van der Waals surface area contributed by atoms with E-state index in [9.17, 15) is 28.8 Å². The topological polar surface area (TPSA) is 176 Å². The van der Waals surface area contributed by atoms with E-state index in [2.05, 4.69) is 9.47 Å². The van der Waals surface area contributed by atoms with Gasteiger partial charge in [-0.25, -0.2) is 24.0 Å². The van der Waals surface area contributed by atoms with E-state index in [1.165, 1.54) is 0 Å². The summed E-state index contributed by atoms with van der Waals surface area (Å²) in [6.07, 6.45) is -2.46. The predicted molar refractivity (Wildman–Crippen MR) is 125 cm³/mol. The largest absolute Gasteiger partial charge is 0.508 e. The van der Waals surface area contributed by atoms with Gasteiger partial charge in [0.15, 0.2) is 12.2 Å². The Bertz CT molecular complexity index is 1040. The molecule has 0 bridgehead atoms. The van der Waals surface area contributed by atoms with Crippen molar-refractivity contribution < 1.29 is 66.7 Å². The van der Waals surface area contributed by atoms with Gasteiger partial charge in [-0.05, 0) is 24.6 Å². The molecule has 2 saturated heterocycles. The highest BCUT2D eigenvalue weighted by Gasteiger charge is 2.29. The Hall–Kier alpha value is -4.36. The summed E-state index contributed by atoms with van der Waals surface area (Å²) in [5.74, 6) is -3.38. The summed E-state index contributed by atoms with van der Waals surface area (Å²) in [4.78, 5) is 71.7. The fourth-order valence-electron chi connectivity index (χ4n) is 3.24. The van der Waals surface area contributed by atoms with Crippen LogP contribution in [-0.4, -0.2) is 88.0 Å². The lowest BCUT2D eigenvalue weighted by molar-refractivity contribution is -0.145. The molecule has 0 N–H and O–H groups in total. The predicted octanol–water partition coefficient (Wildman–Crippen LogP) is 2.21. The van der Waals surface area contributed by atoms with Crippen LogP contribution in [0.3, 0.4) is 0 Å². The van der Waals surface area contributed by atoms with Crippen LogP contribution in [-0.2, 0) is 42.7 Å². The Morgan fingerprint density at radius 2 is 1.21 bits per heavy atom. The minimum Gasteiger partial charge on any atom is -0.465 e. The van der Waals surface area contributed by atoms with Crippen molar-refractivity contribution in [3.8, 4) is 0 Å². The van der Waals surface area contributed by atoms with Gasteiger partial charge in [0.2, 0.25) is 0 Å². The van der Waals surface area contributed by atoms with Crippen LogP contribution in [0, 0.1) is 5.92 Å². The average Bonchev–Trinajstić information content (AvgIpc) is 3.54. The third-order valence-electron chi connectivity index (χ3n) is 5.22. The van der Waals surface area contributed by atoms with Gasteiger partial charge in [-0.3, -0.25) is 4.79 Å². The van der Waals surface area contributed by atoms with E-state index in [0.717, 1.165) is 18.2 Å². The van der Waals surface area contributed by atoms with Crippen LogP contribution in [0.25, 0.3) is 0 Å². The van der Waals surface area contributed by atoms with E-state index in [1.54, 1.807) is 6.92 Å². The molecular formula is C25H28O14. The van der Waals surface area contributed by atoms with Crippen LogP contribution in [0.4, 0.5) is 9.59 Å². The smallest absolute Gasteiger partial charge is 0.465 e. The second kappa shape index (κ2) is 14.0. The normalized spacial score (nSPS) is 18.6. The Kier molecular flexibility index (Phi) is 10.5. The number of esters is 4.